The maximum Gasteiger partial charge on any atom is 0.165 e. The quantitative estimate of drug-likeness (QED) is 0.828. The van der Waals surface area contributed by atoms with E-state index < -0.39 is 27.3 Å². The maximum atomic E-state index is 13.1. The van der Waals surface area contributed by atoms with Gasteiger partial charge in [0.2, 0.25) is 0 Å². The van der Waals surface area contributed by atoms with Crippen molar-refractivity contribution in [3.63, 3.8) is 0 Å². The zero-order chi connectivity index (χ0) is 13.2. The molecule has 0 aliphatic heterocycles. The molecule has 0 fully saturated rings. The molecule has 5 heteroatoms. The van der Waals surface area contributed by atoms with Crippen LogP contribution in [-0.2, 0) is 11.0 Å². The van der Waals surface area contributed by atoms with Gasteiger partial charge >= 0.3 is 0 Å². The average Bonchev–Trinajstić information content (AvgIpc) is 2.20. The first-order chi connectivity index (χ1) is 7.71. The van der Waals surface area contributed by atoms with Gasteiger partial charge in [-0.1, -0.05) is 0 Å². The summed E-state index contributed by atoms with van der Waals surface area (Å²) in [4.78, 5) is 0. The van der Waals surface area contributed by atoms with Gasteiger partial charge in [-0.25, -0.2) is 8.60 Å². The molecule has 17 heavy (non-hydrogen) atoms. The molecule has 3 nitrogen and oxygen atoms in total. The normalized spacial score (nSPS) is 14.8. The lowest BCUT2D eigenvalue weighted by Gasteiger charge is -2.14. The number of benzene rings is 1. The highest BCUT2D eigenvalue weighted by Gasteiger charge is 2.19. The Hall–Kier alpha value is -1.23. The Balaban J connectivity index is 3.04. The molecule has 0 saturated carbocycles. The van der Waals surface area contributed by atoms with Gasteiger partial charge in [0.05, 0.1) is 10.5 Å². The van der Waals surface area contributed by atoms with Gasteiger partial charge in [0.1, 0.15) is 11.0 Å². The Morgan fingerprint density at radius 2 is 2.00 bits per heavy atom. The van der Waals surface area contributed by atoms with Crippen LogP contribution in [-0.4, -0.2) is 19.8 Å². The lowest BCUT2D eigenvalue weighted by molar-refractivity contribution is 0.432. The van der Waals surface area contributed by atoms with Crippen molar-refractivity contribution in [3.05, 3.63) is 29.6 Å². The first kappa shape index (κ1) is 13.8. The lowest BCUT2D eigenvalue weighted by atomic mass is 10.1. The van der Waals surface area contributed by atoms with Crippen molar-refractivity contribution < 1.29 is 13.7 Å². The summed E-state index contributed by atoms with van der Waals surface area (Å²) in [5.74, 6) is -1.11. The van der Waals surface area contributed by atoms with Crippen LogP contribution < -0.4 is 0 Å². The van der Waals surface area contributed by atoms with Crippen molar-refractivity contribution in [2.45, 2.75) is 32.4 Å². The van der Waals surface area contributed by atoms with E-state index >= 15 is 0 Å². The molecule has 1 rings (SSSR count). The predicted octanol–water partition coefficient (Wildman–Crippen LogP) is 2.80. The van der Waals surface area contributed by atoms with Crippen LogP contribution in [0, 0.1) is 5.82 Å². The van der Waals surface area contributed by atoms with Crippen molar-refractivity contribution >= 4 is 16.7 Å². The summed E-state index contributed by atoms with van der Waals surface area (Å²) < 4.78 is 28.5. The summed E-state index contributed by atoms with van der Waals surface area (Å²) >= 11 is 0. The number of hydrogen-bond acceptors (Lipinski definition) is 2. The minimum atomic E-state index is -1.38. The number of rotatable bonds is 2. The van der Waals surface area contributed by atoms with E-state index in [1.807, 2.05) is 20.8 Å². The third kappa shape index (κ3) is 3.63. The molecule has 0 aromatic heterocycles. The van der Waals surface area contributed by atoms with Crippen LogP contribution in [0.3, 0.4) is 0 Å². The molecule has 1 atom stereocenters. The molecule has 0 amide bonds. The first-order valence-electron chi connectivity index (χ1n) is 5.18. The molecular formula is C12H16FNO2S. The molecular weight excluding hydrogens is 241 g/mol. The number of hydrogen-bond donors (Lipinski definition) is 1. The fourth-order valence-corrected chi connectivity index (χ4v) is 1.67. The average molecular weight is 257 g/mol. The zero-order valence-electron chi connectivity index (χ0n) is 10.3. The number of nitrogens with zero attached hydrogens (tertiary/aromatic N) is 1. The SMILES string of the molecule is C/C(=N\[S@@](=O)C(C)(C)C)c1ccc(O)c(F)c1. The Labute approximate surface area is 103 Å². The molecule has 0 saturated heterocycles. The minimum absolute atomic E-state index is 0.404. The third-order valence-corrected chi connectivity index (χ3v) is 3.60. The molecule has 0 bridgehead atoms. The van der Waals surface area contributed by atoms with E-state index in [2.05, 4.69) is 4.40 Å². The Morgan fingerprint density at radius 3 is 2.47 bits per heavy atom. The molecule has 0 aliphatic carbocycles. The summed E-state index contributed by atoms with van der Waals surface area (Å²) in [6.45, 7) is 7.11. The van der Waals surface area contributed by atoms with E-state index in [1.165, 1.54) is 18.2 Å². The summed E-state index contributed by atoms with van der Waals surface area (Å²) in [7, 11) is -1.38. The van der Waals surface area contributed by atoms with Gasteiger partial charge in [-0.15, -0.1) is 0 Å². The fourth-order valence-electron chi connectivity index (χ4n) is 1.05. The van der Waals surface area contributed by atoms with E-state index in [0.29, 0.717) is 11.3 Å². The summed E-state index contributed by atoms with van der Waals surface area (Å²) in [5.41, 5.74) is 0.995. The smallest absolute Gasteiger partial charge is 0.165 e. The van der Waals surface area contributed by atoms with E-state index in [-0.39, 0.29) is 0 Å². The summed E-state index contributed by atoms with van der Waals surface area (Å²) in [6.07, 6.45) is 0. The van der Waals surface area contributed by atoms with Crippen LogP contribution in [0.2, 0.25) is 0 Å². The molecule has 1 aromatic rings. The van der Waals surface area contributed by atoms with Crippen molar-refractivity contribution in [3.8, 4) is 5.75 Å². The second kappa shape index (κ2) is 4.96. The molecule has 1 aromatic carbocycles. The van der Waals surface area contributed by atoms with Gasteiger partial charge in [-0.3, -0.25) is 0 Å². The van der Waals surface area contributed by atoms with Gasteiger partial charge in [0.15, 0.2) is 11.6 Å². The monoisotopic (exact) mass is 257 g/mol. The molecule has 0 heterocycles. The van der Waals surface area contributed by atoms with E-state index in [9.17, 15) is 8.60 Å². The third-order valence-electron chi connectivity index (χ3n) is 2.11. The number of halogens is 1. The minimum Gasteiger partial charge on any atom is -0.505 e. The van der Waals surface area contributed by atoms with Crippen LogP contribution in [0.5, 0.6) is 5.75 Å². The summed E-state index contributed by atoms with van der Waals surface area (Å²) in [5, 5.41) is 9.06. The van der Waals surface area contributed by atoms with E-state index in [4.69, 9.17) is 5.11 Å². The van der Waals surface area contributed by atoms with Gasteiger partial charge < -0.3 is 5.11 Å². The fraction of sp³-hybridized carbons (Fsp3) is 0.417. The second-order valence-electron chi connectivity index (χ2n) is 4.70. The van der Waals surface area contributed by atoms with Crippen molar-refractivity contribution in [1.82, 2.24) is 0 Å². The van der Waals surface area contributed by atoms with Crippen molar-refractivity contribution in [2.75, 3.05) is 0 Å². The molecule has 1 N–H and O–H groups in total. The lowest BCUT2D eigenvalue weighted by Crippen LogP contribution is -2.20. The van der Waals surface area contributed by atoms with Gasteiger partial charge in [-0.2, -0.15) is 4.40 Å². The second-order valence-corrected chi connectivity index (χ2v) is 6.61. The predicted molar refractivity (Wildman–Crippen MR) is 68.2 cm³/mol. The highest BCUT2D eigenvalue weighted by atomic mass is 32.2. The van der Waals surface area contributed by atoms with Crippen LogP contribution in [0.25, 0.3) is 0 Å². The zero-order valence-corrected chi connectivity index (χ0v) is 11.1. The standard InChI is InChI=1S/C12H16FNO2S/c1-8(14-17(16)12(2,3)4)9-5-6-11(15)10(13)7-9/h5-7,15H,1-4H3/b14-8+/t17-/m0/s1. The van der Waals surface area contributed by atoms with Gasteiger partial charge in [-0.05, 0) is 51.5 Å². The molecule has 0 aliphatic rings. The van der Waals surface area contributed by atoms with Crippen LogP contribution in [0.1, 0.15) is 33.3 Å². The van der Waals surface area contributed by atoms with Crippen LogP contribution in [0.4, 0.5) is 4.39 Å². The Kier molecular flexibility index (Phi) is 4.03. The van der Waals surface area contributed by atoms with Crippen molar-refractivity contribution in [2.24, 2.45) is 4.40 Å². The van der Waals surface area contributed by atoms with Gasteiger partial charge in [0.25, 0.3) is 0 Å². The molecule has 0 spiro atoms. The molecule has 94 valence electrons. The first-order valence-corrected chi connectivity index (χ1v) is 6.28. The number of phenols is 1. The Morgan fingerprint density at radius 1 is 1.41 bits per heavy atom. The largest absolute Gasteiger partial charge is 0.505 e. The highest BCUT2D eigenvalue weighted by molar-refractivity contribution is 7.85. The van der Waals surface area contributed by atoms with E-state index in [1.54, 1.807) is 6.92 Å². The molecule has 0 unspecified atom stereocenters. The van der Waals surface area contributed by atoms with E-state index in [0.717, 1.165) is 0 Å². The maximum absolute atomic E-state index is 13.1. The summed E-state index contributed by atoms with van der Waals surface area (Å²) in [6, 6.07) is 3.97. The topological polar surface area (TPSA) is 49.7 Å². The van der Waals surface area contributed by atoms with Crippen LogP contribution >= 0.6 is 0 Å². The number of phenolic OH excluding ortho intramolecular Hbond substituents is 1. The van der Waals surface area contributed by atoms with Crippen LogP contribution in [0.15, 0.2) is 22.6 Å². The highest BCUT2D eigenvalue weighted by Crippen LogP contribution is 2.18. The number of aromatic hydroxyl groups is 1. The van der Waals surface area contributed by atoms with Crippen molar-refractivity contribution in [1.29, 1.82) is 0 Å². The Bertz CT molecular complexity index is 478. The van der Waals surface area contributed by atoms with Gasteiger partial charge in [0, 0.05) is 0 Å². The molecule has 0 radical (unpaired) electrons.